The van der Waals surface area contributed by atoms with Crippen molar-refractivity contribution in [2.45, 2.75) is 133 Å². The van der Waals surface area contributed by atoms with Gasteiger partial charge >= 0.3 is 0 Å². The molecule has 0 radical (unpaired) electrons. The summed E-state index contributed by atoms with van der Waals surface area (Å²) < 4.78 is 6.06. The summed E-state index contributed by atoms with van der Waals surface area (Å²) in [5, 5.41) is 0. The predicted molar refractivity (Wildman–Crippen MR) is 113 cm³/mol. The molecule has 3 heteroatoms. The summed E-state index contributed by atoms with van der Waals surface area (Å²) in [5.41, 5.74) is 3.09. The first-order chi connectivity index (χ1) is 11.5. The fourth-order valence-electron chi connectivity index (χ4n) is 6.14. The monoisotopic (exact) mass is 367 g/mol. The fraction of sp³-hybridized carbons (Fsp3) is 1.00. The van der Waals surface area contributed by atoms with Gasteiger partial charge in [0.05, 0.1) is 0 Å². The molecule has 24 heavy (non-hydrogen) atoms. The third-order valence-electron chi connectivity index (χ3n) is 6.95. The van der Waals surface area contributed by atoms with Crippen molar-refractivity contribution in [3.63, 3.8) is 0 Å². The van der Waals surface area contributed by atoms with Gasteiger partial charge in [-0.1, -0.05) is 77.4 Å². The van der Waals surface area contributed by atoms with Crippen LogP contribution in [0.2, 0.25) is 19.6 Å². The van der Waals surface area contributed by atoms with Crippen LogP contribution in [0.4, 0.5) is 0 Å². The van der Waals surface area contributed by atoms with Crippen LogP contribution in [0.3, 0.4) is 0 Å². The van der Waals surface area contributed by atoms with Crippen LogP contribution in [0.5, 0.6) is 0 Å². The molecule has 0 bridgehead atoms. The van der Waals surface area contributed by atoms with Gasteiger partial charge in [-0.05, 0) is 62.6 Å². The van der Waals surface area contributed by atoms with E-state index in [4.69, 9.17) is 4.41 Å². The van der Waals surface area contributed by atoms with Crippen molar-refractivity contribution in [1.82, 2.24) is 0 Å². The first kappa shape index (κ1) is 19.2. The molecule has 0 spiro atoms. The minimum atomic E-state index is -1.37. The molecule has 3 saturated carbocycles. The van der Waals surface area contributed by atoms with Gasteiger partial charge in [0, 0.05) is 0 Å². The van der Waals surface area contributed by atoms with E-state index in [2.05, 4.69) is 19.6 Å². The molecule has 3 aliphatic rings. The van der Waals surface area contributed by atoms with Crippen molar-refractivity contribution < 1.29 is 0 Å². The van der Waals surface area contributed by atoms with Crippen molar-refractivity contribution in [2.24, 2.45) is 4.41 Å². The highest BCUT2D eigenvalue weighted by Crippen LogP contribution is 2.71. The van der Waals surface area contributed by atoms with Crippen LogP contribution in [0.25, 0.3) is 0 Å². The molecule has 3 fully saturated rings. The van der Waals surface area contributed by atoms with Crippen LogP contribution < -0.4 is 0 Å². The van der Waals surface area contributed by atoms with Gasteiger partial charge in [-0.15, -0.1) is 0 Å². The zero-order valence-corrected chi connectivity index (χ0v) is 18.6. The molecular formula is C21H42NPSi. The second-order valence-electron chi connectivity index (χ2n) is 9.94. The number of hydrogen-bond donors (Lipinski definition) is 0. The van der Waals surface area contributed by atoms with Gasteiger partial charge < -0.3 is 4.41 Å². The maximum atomic E-state index is 6.06. The summed E-state index contributed by atoms with van der Waals surface area (Å²) in [6.07, 6.45) is 22.8. The Labute approximate surface area is 152 Å². The average molecular weight is 368 g/mol. The third-order valence-corrected chi connectivity index (χ3v) is 15.8. The van der Waals surface area contributed by atoms with E-state index in [0.29, 0.717) is 0 Å². The Morgan fingerprint density at radius 3 is 1.08 bits per heavy atom. The molecular weight excluding hydrogens is 325 g/mol. The van der Waals surface area contributed by atoms with E-state index in [0.717, 1.165) is 17.0 Å². The lowest BCUT2D eigenvalue weighted by Crippen LogP contribution is -2.34. The van der Waals surface area contributed by atoms with Gasteiger partial charge in [0.2, 0.25) is 0 Å². The molecule has 0 amide bonds. The van der Waals surface area contributed by atoms with Crippen LogP contribution in [-0.2, 0) is 0 Å². The van der Waals surface area contributed by atoms with E-state index in [-0.39, 0.29) is 0 Å². The first-order valence-corrected chi connectivity index (χ1v) is 16.5. The summed E-state index contributed by atoms with van der Waals surface area (Å²) in [7, 11) is -2.53. The number of nitrogens with zero attached hydrogens (tertiary/aromatic N) is 1. The van der Waals surface area contributed by atoms with Crippen molar-refractivity contribution in [2.75, 3.05) is 0 Å². The molecule has 0 aromatic carbocycles. The maximum Gasteiger partial charge on any atom is 0.170 e. The van der Waals surface area contributed by atoms with Gasteiger partial charge in [0.25, 0.3) is 0 Å². The lowest BCUT2D eigenvalue weighted by atomic mass is 9.99. The Balaban J connectivity index is 2.04. The minimum Gasteiger partial charge on any atom is -0.337 e. The molecule has 3 aliphatic carbocycles. The molecule has 3 rings (SSSR count). The topological polar surface area (TPSA) is 12.4 Å². The Bertz CT molecular complexity index is 383. The van der Waals surface area contributed by atoms with Gasteiger partial charge in [0.15, 0.2) is 8.24 Å². The normalized spacial score (nSPS) is 26.5. The Hall–Kier alpha value is 0.447. The smallest absolute Gasteiger partial charge is 0.170 e. The van der Waals surface area contributed by atoms with Crippen LogP contribution >= 0.6 is 7.05 Å². The maximum absolute atomic E-state index is 6.06. The van der Waals surface area contributed by atoms with Crippen LogP contribution in [0.15, 0.2) is 4.41 Å². The Morgan fingerprint density at radius 2 is 0.833 bits per heavy atom. The number of rotatable bonds is 4. The van der Waals surface area contributed by atoms with Gasteiger partial charge in [-0.3, -0.25) is 0 Å². The van der Waals surface area contributed by atoms with Crippen molar-refractivity contribution in [1.29, 1.82) is 0 Å². The second-order valence-corrected chi connectivity index (χ2v) is 18.9. The molecule has 0 aliphatic heterocycles. The number of hydrogen-bond acceptors (Lipinski definition) is 1. The molecule has 0 heterocycles. The van der Waals surface area contributed by atoms with Gasteiger partial charge in [0.1, 0.15) is 0 Å². The Morgan fingerprint density at radius 1 is 0.542 bits per heavy atom. The molecule has 0 atom stereocenters. The highest BCUT2D eigenvalue weighted by atomic mass is 31.2. The fourth-order valence-corrected chi connectivity index (χ4v) is 17.6. The highest BCUT2D eigenvalue weighted by Gasteiger charge is 2.44. The van der Waals surface area contributed by atoms with E-state index in [9.17, 15) is 0 Å². The summed E-state index contributed by atoms with van der Waals surface area (Å²) in [4.78, 5) is 0. The van der Waals surface area contributed by atoms with E-state index in [1.165, 1.54) is 96.3 Å². The van der Waals surface area contributed by atoms with E-state index in [1.807, 2.05) is 0 Å². The molecule has 0 aromatic heterocycles. The molecule has 140 valence electrons. The van der Waals surface area contributed by atoms with Gasteiger partial charge in [-0.2, -0.15) is 0 Å². The molecule has 0 unspecified atom stereocenters. The van der Waals surface area contributed by atoms with E-state index < -0.39 is 15.3 Å². The largest absolute Gasteiger partial charge is 0.337 e. The summed E-state index contributed by atoms with van der Waals surface area (Å²) in [6, 6.07) is 0. The van der Waals surface area contributed by atoms with Crippen LogP contribution in [-0.4, -0.2) is 25.2 Å². The SMILES string of the molecule is C[Si](C)(C)N=P(C1CCCCC1)(C1CCCCC1)C1CCCCC1. The zero-order valence-electron chi connectivity index (χ0n) is 16.7. The van der Waals surface area contributed by atoms with E-state index >= 15 is 0 Å². The van der Waals surface area contributed by atoms with Crippen molar-refractivity contribution in [3.05, 3.63) is 0 Å². The molecule has 1 nitrogen and oxygen atoms in total. The van der Waals surface area contributed by atoms with Crippen molar-refractivity contribution in [3.8, 4) is 0 Å². The Kier molecular flexibility index (Phi) is 6.75. The quantitative estimate of drug-likeness (QED) is 0.352. The van der Waals surface area contributed by atoms with Crippen LogP contribution in [0.1, 0.15) is 96.3 Å². The lowest BCUT2D eigenvalue weighted by Gasteiger charge is -2.50. The second kappa shape index (κ2) is 8.42. The highest BCUT2D eigenvalue weighted by molar-refractivity contribution is 7.69. The third kappa shape index (κ3) is 4.40. The summed E-state index contributed by atoms with van der Waals surface area (Å²) in [6.45, 7) is 7.61. The molecule has 0 N–H and O–H groups in total. The standard InChI is InChI=1S/C21H42NPSi/c1-24(2,3)22-23(19-13-7-4-8-14-19,20-15-9-5-10-16-20)21-17-11-6-12-18-21/h19-21H,4-18H2,1-3H3. The predicted octanol–water partition coefficient (Wildman–Crippen LogP) is 8.02. The summed E-state index contributed by atoms with van der Waals surface area (Å²) >= 11 is 0. The van der Waals surface area contributed by atoms with Crippen LogP contribution in [0, 0.1) is 0 Å². The first-order valence-electron chi connectivity index (χ1n) is 11.1. The zero-order chi connectivity index (χ0) is 17.0. The van der Waals surface area contributed by atoms with Gasteiger partial charge in [-0.25, -0.2) is 0 Å². The molecule has 0 aromatic rings. The molecule has 0 saturated heterocycles. The summed E-state index contributed by atoms with van der Waals surface area (Å²) in [5.74, 6) is 0. The lowest BCUT2D eigenvalue weighted by molar-refractivity contribution is 0.455. The van der Waals surface area contributed by atoms with E-state index in [1.54, 1.807) is 0 Å². The average Bonchev–Trinajstić information content (AvgIpc) is 2.61. The van der Waals surface area contributed by atoms with Crippen molar-refractivity contribution >= 4 is 15.3 Å². The minimum absolute atomic E-state index is 1.03.